The van der Waals surface area contributed by atoms with Crippen molar-refractivity contribution in [2.24, 2.45) is 0 Å². The predicted octanol–water partition coefficient (Wildman–Crippen LogP) is 9.27. The van der Waals surface area contributed by atoms with E-state index >= 15 is 0 Å². The molecular formula is C34H54N2O2. The zero-order valence-corrected chi connectivity index (χ0v) is 24.8. The maximum Gasteiger partial charge on any atom is 0.119 e. The summed E-state index contributed by atoms with van der Waals surface area (Å²) in [5.74, 6) is 1.95. The van der Waals surface area contributed by atoms with Crippen molar-refractivity contribution < 1.29 is 9.47 Å². The third-order valence-electron chi connectivity index (χ3n) is 8.08. The minimum absolute atomic E-state index is 0.736. The van der Waals surface area contributed by atoms with Crippen molar-refractivity contribution in [2.75, 3.05) is 36.1 Å². The first-order valence-electron chi connectivity index (χ1n) is 15.7. The van der Waals surface area contributed by atoms with Gasteiger partial charge in [-0.25, -0.2) is 0 Å². The van der Waals surface area contributed by atoms with Gasteiger partial charge in [0.05, 0.1) is 13.2 Å². The molecule has 0 heterocycles. The second-order valence-corrected chi connectivity index (χ2v) is 10.8. The van der Waals surface area contributed by atoms with Gasteiger partial charge in [-0.2, -0.15) is 0 Å². The highest BCUT2D eigenvalue weighted by atomic mass is 16.5. The van der Waals surface area contributed by atoms with E-state index < -0.39 is 0 Å². The maximum atomic E-state index is 5.55. The molecule has 2 aliphatic carbocycles. The van der Waals surface area contributed by atoms with E-state index in [1.165, 1.54) is 95.0 Å². The monoisotopic (exact) mass is 522 g/mol. The van der Waals surface area contributed by atoms with Crippen molar-refractivity contribution in [3.8, 4) is 11.5 Å². The molecule has 0 bridgehead atoms. The Kier molecular flexibility index (Phi) is 13.7. The van der Waals surface area contributed by atoms with Crippen LogP contribution in [0.5, 0.6) is 11.5 Å². The van der Waals surface area contributed by atoms with Crippen LogP contribution in [0.1, 0.15) is 105 Å². The van der Waals surface area contributed by atoms with Gasteiger partial charge in [-0.3, -0.25) is 0 Å². The summed E-state index contributed by atoms with van der Waals surface area (Å²) in [6.45, 7) is 12.3. The molecule has 2 aliphatic rings. The highest BCUT2D eigenvalue weighted by Crippen LogP contribution is 2.30. The van der Waals surface area contributed by atoms with Gasteiger partial charge in [0.25, 0.3) is 0 Å². The second kappa shape index (κ2) is 17.3. The lowest BCUT2D eigenvalue weighted by Crippen LogP contribution is -2.37. The quantitative estimate of drug-likeness (QED) is 0.277. The van der Waals surface area contributed by atoms with Crippen LogP contribution >= 0.6 is 0 Å². The first-order valence-corrected chi connectivity index (χ1v) is 15.7. The number of unbranched alkanes of at least 4 members (excludes halogenated alkanes) is 1. The average Bonchev–Trinajstić information content (AvgIpc) is 2.97. The van der Waals surface area contributed by atoms with E-state index in [0.29, 0.717) is 0 Å². The van der Waals surface area contributed by atoms with Crippen LogP contribution < -0.4 is 19.3 Å². The van der Waals surface area contributed by atoms with Gasteiger partial charge in [0.2, 0.25) is 0 Å². The van der Waals surface area contributed by atoms with Crippen molar-refractivity contribution in [2.45, 2.75) is 117 Å². The highest BCUT2D eigenvalue weighted by molar-refractivity contribution is 5.51. The van der Waals surface area contributed by atoms with Crippen LogP contribution in [0.15, 0.2) is 48.5 Å². The van der Waals surface area contributed by atoms with Gasteiger partial charge >= 0.3 is 0 Å². The molecule has 0 saturated heterocycles. The Labute approximate surface area is 233 Å². The molecule has 4 nitrogen and oxygen atoms in total. The Balaban J connectivity index is 0.000000212. The number of benzene rings is 2. The fourth-order valence-corrected chi connectivity index (χ4v) is 6.09. The summed E-state index contributed by atoms with van der Waals surface area (Å²) in [5, 5.41) is 0. The fraction of sp³-hybridized carbons (Fsp3) is 0.647. The Bertz CT molecular complexity index is 855. The molecule has 0 aliphatic heterocycles. The van der Waals surface area contributed by atoms with Crippen LogP contribution in [0.25, 0.3) is 0 Å². The van der Waals surface area contributed by atoms with E-state index in [0.717, 1.165) is 43.3 Å². The third kappa shape index (κ3) is 9.43. The molecule has 0 radical (unpaired) electrons. The van der Waals surface area contributed by atoms with Crippen LogP contribution in [0, 0.1) is 0 Å². The second-order valence-electron chi connectivity index (χ2n) is 10.8. The molecule has 4 heteroatoms. The van der Waals surface area contributed by atoms with Crippen molar-refractivity contribution in [3.63, 3.8) is 0 Å². The SMILES string of the molecule is CCCCN(c1ccc(OCC)cc1)C1CCCCC1.CCOc1ccc(N(CC)C2CCCCC2)cc1. The van der Waals surface area contributed by atoms with E-state index in [-0.39, 0.29) is 0 Å². The smallest absolute Gasteiger partial charge is 0.119 e. The molecule has 212 valence electrons. The summed E-state index contributed by atoms with van der Waals surface area (Å²) < 4.78 is 11.0. The van der Waals surface area contributed by atoms with E-state index in [1.807, 2.05) is 13.8 Å². The molecular weight excluding hydrogens is 468 g/mol. The zero-order chi connectivity index (χ0) is 27.0. The van der Waals surface area contributed by atoms with Crippen molar-refractivity contribution in [1.82, 2.24) is 0 Å². The van der Waals surface area contributed by atoms with Crippen LogP contribution in [-0.4, -0.2) is 38.4 Å². The Morgan fingerprint density at radius 1 is 0.579 bits per heavy atom. The zero-order valence-electron chi connectivity index (χ0n) is 24.8. The summed E-state index contributed by atoms with van der Waals surface area (Å²) in [4.78, 5) is 5.19. The molecule has 0 unspecified atom stereocenters. The lowest BCUT2D eigenvalue weighted by Gasteiger charge is -2.36. The fourth-order valence-electron chi connectivity index (χ4n) is 6.09. The van der Waals surface area contributed by atoms with Crippen LogP contribution in [0.3, 0.4) is 0 Å². The molecule has 2 aromatic rings. The Morgan fingerprint density at radius 2 is 1.00 bits per heavy atom. The van der Waals surface area contributed by atoms with Gasteiger partial charge in [-0.1, -0.05) is 51.9 Å². The van der Waals surface area contributed by atoms with E-state index in [1.54, 1.807) is 0 Å². The molecule has 2 saturated carbocycles. The van der Waals surface area contributed by atoms with Crippen molar-refractivity contribution in [1.29, 1.82) is 0 Å². The number of nitrogens with zero attached hydrogens (tertiary/aromatic N) is 2. The summed E-state index contributed by atoms with van der Waals surface area (Å²) in [5.41, 5.74) is 2.71. The molecule has 2 aromatic carbocycles. The molecule has 0 N–H and O–H groups in total. The van der Waals surface area contributed by atoms with Crippen molar-refractivity contribution >= 4 is 11.4 Å². The number of ether oxygens (including phenoxy) is 2. The summed E-state index contributed by atoms with van der Waals surface area (Å²) in [7, 11) is 0. The molecule has 4 rings (SSSR count). The first kappa shape index (κ1) is 30.2. The molecule has 0 atom stereocenters. The van der Waals surface area contributed by atoms with Gasteiger partial charge in [-0.15, -0.1) is 0 Å². The van der Waals surface area contributed by atoms with E-state index in [2.05, 4.69) is 72.2 Å². The molecule has 0 aromatic heterocycles. The van der Waals surface area contributed by atoms with Crippen LogP contribution in [0.4, 0.5) is 11.4 Å². The minimum atomic E-state index is 0.736. The summed E-state index contributed by atoms with van der Waals surface area (Å²) >= 11 is 0. The lowest BCUT2D eigenvalue weighted by molar-refractivity contribution is 0.340. The molecule has 0 spiro atoms. The molecule has 0 amide bonds. The maximum absolute atomic E-state index is 5.55. The largest absolute Gasteiger partial charge is 0.494 e. The average molecular weight is 523 g/mol. The van der Waals surface area contributed by atoms with E-state index in [4.69, 9.17) is 9.47 Å². The van der Waals surface area contributed by atoms with Crippen LogP contribution in [0.2, 0.25) is 0 Å². The predicted molar refractivity (Wildman–Crippen MR) is 164 cm³/mol. The number of hydrogen-bond acceptors (Lipinski definition) is 4. The lowest BCUT2D eigenvalue weighted by atomic mass is 9.93. The number of rotatable bonds is 12. The first-order chi connectivity index (χ1) is 18.7. The van der Waals surface area contributed by atoms with E-state index in [9.17, 15) is 0 Å². The Morgan fingerprint density at radius 3 is 1.39 bits per heavy atom. The molecule has 2 fully saturated rings. The summed E-state index contributed by atoms with van der Waals surface area (Å²) in [6, 6.07) is 18.7. The molecule has 38 heavy (non-hydrogen) atoms. The topological polar surface area (TPSA) is 24.9 Å². The normalized spacial score (nSPS) is 16.3. The van der Waals surface area contributed by atoms with Crippen LogP contribution in [-0.2, 0) is 0 Å². The van der Waals surface area contributed by atoms with Gasteiger partial charge < -0.3 is 19.3 Å². The van der Waals surface area contributed by atoms with Gasteiger partial charge in [0, 0.05) is 36.5 Å². The van der Waals surface area contributed by atoms with Crippen molar-refractivity contribution in [3.05, 3.63) is 48.5 Å². The number of anilines is 2. The van der Waals surface area contributed by atoms with Gasteiger partial charge in [-0.05, 0) is 101 Å². The van der Waals surface area contributed by atoms with Gasteiger partial charge in [0.1, 0.15) is 11.5 Å². The minimum Gasteiger partial charge on any atom is -0.494 e. The van der Waals surface area contributed by atoms with Gasteiger partial charge in [0.15, 0.2) is 0 Å². The standard InChI is InChI=1S/C18H29NO.C16H25NO/c1-3-5-15-19(16-9-7-6-8-10-16)17-11-13-18(14-12-17)20-4-2;1-3-17(14-8-6-5-7-9-14)15-10-12-16(13-11-15)18-4-2/h11-14,16H,3-10,15H2,1-2H3;10-14H,3-9H2,1-2H3. The Hall–Kier alpha value is -2.36. The highest BCUT2D eigenvalue weighted by Gasteiger charge is 2.21. The number of hydrogen-bond donors (Lipinski definition) is 0. The third-order valence-corrected chi connectivity index (χ3v) is 8.08. The summed E-state index contributed by atoms with van der Waals surface area (Å²) in [6.07, 6.45) is 16.4.